The fourth-order valence-electron chi connectivity index (χ4n) is 10.8. The van der Waals surface area contributed by atoms with Gasteiger partial charge in [-0.3, -0.25) is 4.79 Å². The van der Waals surface area contributed by atoms with Crippen LogP contribution >= 0.6 is 0 Å². The molecule has 0 spiro atoms. The van der Waals surface area contributed by atoms with Crippen molar-refractivity contribution in [1.82, 2.24) is 0 Å². The van der Waals surface area contributed by atoms with E-state index in [0.717, 1.165) is 44.1 Å². The molecule has 0 N–H and O–H groups in total. The van der Waals surface area contributed by atoms with E-state index in [0.29, 0.717) is 24.7 Å². The van der Waals surface area contributed by atoms with Crippen LogP contribution in [-0.4, -0.2) is 19.7 Å². The standard InChI is InChI=1S/C32H45F3O4S/c1-9-31-17-16-29(7)20(26(31)25(19(2)3)21(36)18-31)10-11-23-28(6)14-13-24(39-40(37,38)32(33,34)35)27(4,5)22(28)12-15-30(23,29)8/h9,13,19-20,22-23H,1,10-12,14-18H2,2-8H3. The molecule has 5 aliphatic rings. The minimum absolute atomic E-state index is 0.0176. The molecule has 4 nitrogen and oxygen atoms in total. The Labute approximate surface area is 238 Å². The van der Waals surface area contributed by atoms with Crippen LogP contribution in [0, 0.1) is 50.7 Å². The third-order valence-corrected chi connectivity index (χ3v) is 13.8. The second kappa shape index (κ2) is 8.73. The summed E-state index contributed by atoms with van der Waals surface area (Å²) in [6, 6.07) is 0. The van der Waals surface area contributed by atoms with Crippen molar-refractivity contribution in [2.24, 2.45) is 50.7 Å². The van der Waals surface area contributed by atoms with Crippen molar-refractivity contribution in [2.45, 2.75) is 105 Å². The summed E-state index contributed by atoms with van der Waals surface area (Å²) in [6.45, 7) is 19.3. The maximum atomic E-state index is 13.4. The molecule has 0 aliphatic heterocycles. The summed E-state index contributed by atoms with van der Waals surface area (Å²) in [5, 5.41) is 0. The van der Waals surface area contributed by atoms with Gasteiger partial charge < -0.3 is 4.18 Å². The molecule has 5 rings (SSSR count). The van der Waals surface area contributed by atoms with Gasteiger partial charge in [-0.25, -0.2) is 0 Å². The summed E-state index contributed by atoms with van der Waals surface area (Å²) in [4.78, 5) is 13.4. The lowest BCUT2D eigenvalue weighted by atomic mass is 9.33. The molecular weight excluding hydrogens is 537 g/mol. The second-order valence-electron chi connectivity index (χ2n) is 15.0. The Morgan fingerprint density at radius 1 is 1.00 bits per heavy atom. The fourth-order valence-corrected chi connectivity index (χ4v) is 11.4. The summed E-state index contributed by atoms with van der Waals surface area (Å²) in [5.74, 6) is 0.954. The number of Topliss-reactive ketones (excluding diaryl/α,β-unsaturated/α-hetero) is 1. The molecule has 0 aromatic heterocycles. The molecule has 3 fully saturated rings. The number of hydrogen-bond acceptors (Lipinski definition) is 4. The first-order chi connectivity index (χ1) is 18.2. The van der Waals surface area contributed by atoms with Gasteiger partial charge in [0.05, 0.1) is 0 Å². The first kappa shape index (κ1) is 29.9. The Morgan fingerprint density at radius 3 is 2.23 bits per heavy atom. The molecule has 0 aromatic carbocycles. The van der Waals surface area contributed by atoms with E-state index in [2.05, 4.69) is 41.2 Å². The van der Waals surface area contributed by atoms with Crippen molar-refractivity contribution in [3.63, 3.8) is 0 Å². The van der Waals surface area contributed by atoms with Crippen molar-refractivity contribution in [1.29, 1.82) is 0 Å². The number of halogens is 3. The van der Waals surface area contributed by atoms with Crippen molar-refractivity contribution in [3.8, 4) is 0 Å². The number of hydrogen-bond donors (Lipinski definition) is 0. The first-order valence-corrected chi connectivity index (χ1v) is 16.3. The Hall–Kier alpha value is -1.57. The van der Waals surface area contributed by atoms with E-state index in [1.165, 1.54) is 5.57 Å². The number of fused-ring (bicyclic) bond motifs is 7. The second-order valence-corrected chi connectivity index (χ2v) is 16.6. The van der Waals surface area contributed by atoms with Gasteiger partial charge in [-0.15, -0.1) is 6.58 Å². The molecule has 0 radical (unpaired) electrons. The van der Waals surface area contributed by atoms with Gasteiger partial charge in [0.25, 0.3) is 0 Å². The molecule has 0 saturated heterocycles. The zero-order valence-corrected chi connectivity index (χ0v) is 25.8. The van der Waals surface area contributed by atoms with Crippen molar-refractivity contribution in [3.05, 3.63) is 35.6 Å². The van der Waals surface area contributed by atoms with E-state index in [9.17, 15) is 26.4 Å². The van der Waals surface area contributed by atoms with Crippen LogP contribution in [0.25, 0.3) is 0 Å². The average Bonchev–Trinajstić information content (AvgIpc) is 3.13. The summed E-state index contributed by atoms with van der Waals surface area (Å²) in [6.07, 6.45) is 10.3. The molecular formula is C32H45F3O4S. The van der Waals surface area contributed by atoms with Crippen LogP contribution in [0.5, 0.6) is 0 Å². The highest BCUT2D eigenvalue weighted by Gasteiger charge is 2.69. The van der Waals surface area contributed by atoms with Gasteiger partial charge >= 0.3 is 15.6 Å². The molecule has 7 atom stereocenters. The van der Waals surface area contributed by atoms with Crippen LogP contribution in [0.4, 0.5) is 13.2 Å². The molecule has 5 aliphatic carbocycles. The lowest BCUT2D eigenvalue weighted by molar-refractivity contribution is -0.200. The molecule has 3 saturated carbocycles. The number of carbonyl (C=O) groups excluding carboxylic acids is 1. The smallest absolute Gasteiger partial charge is 0.380 e. The third-order valence-electron chi connectivity index (χ3n) is 12.9. The molecule has 0 bridgehead atoms. The molecule has 0 aromatic rings. The lowest BCUT2D eigenvalue weighted by Gasteiger charge is -2.71. The Balaban J connectivity index is 1.56. The SMILES string of the molecule is C=CC12CCC3(C)C(CCC4C5(C)CC=C(OS(=O)(=O)C(F)(F)F)C(C)(C)C5CCC43C)C1=C(C(C)C)C(=O)C2. The zero-order valence-electron chi connectivity index (χ0n) is 25.0. The van der Waals surface area contributed by atoms with E-state index in [4.69, 9.17) is 4.18 Å². The third kappa shape index (κ3) is 3.68. The number of ketones is 1. The summed E-state index contributed by atoms with van der Waals surface area (Å²) in [7, 11) is -5.73. The van der Waals surface area contributed by atoms with E-state index < -0.39 is 21.0 Å². The molecule has 0 amide bonds. The minimum Gasteiger partial charge on any atom is -0.380 e. The predicted molar refractivity (Wildman–Crippen MR) is 149 cm³/mol. The van der Waals surface area contributed by atoms with E-state index in [-0.39, 0.29) is 45.0 Å². The van der Waals surface area contributed by atoms with Crippen LogP contribution < -0.4 is 0 Å². The quantitative estimate of drug-likeness (QED) is 0.189. The van der Waals surface area contributed by atoms with Crippen LogP contribution in [0.15, 0.2) is 35.6 Å². The van der Waals surface area contributed by atoms with Gasteiger partial charge in [0, 0.05) is 17.3 Å². The highest BCUT2D eigenvalue weighted by molar-refractivity contribution is 7.87. The highest BCUT2D eigenvalue weighted by atomic mass is 32.2. The molecule has 7 unspecified atom stereocenters. The summed E-state index contributed by atoms with van der Waals surface area (Å²) >= 11 is 0. The number of alkyl halides is 3. The lowest BCUT2D eigenvalue weighted by Crippen LogP contribution is -2.64. The minimum atomic E-state index is -5.73. The van der Waals surface area contributed by atoms with Gasteiger partial charge in [0.15, 0.2) is 5.78 Å². The van der Waals surface area contributed by atoms with Gasteiger partial charge in [-0.2, -0.15) is 21.6 Å². The summed E-state index contributed by atoms with van der Waals surface area (Å²) in [5.41, 5.74) is -4.47. The van der Waals surface area contributed by atoms with Gasteiger partial charge in [0.2, 0.25) is 0 Å². The fraction of sp³-hybridized carbons (Fsp3) is 0.781. The van der Waals surface area contributed by atoms with E-state index in [1.807, 2.05) is 19.9 Å². The number of rotatable bonds is 4. The van der Waals surface area contributed by atoms with Gasteiger partial charge in [0.1, 0.15) is 5.76 Å². The van der Waals surface area contributed by atoms with Gasteiger partial charge in [-0.1, -0.05) is 54.5 Å². The van der Waals surface area contributed by atoms with Crippen molar-refractivity contribution < 1.29 is 30.6 Å². The molecule has 40 heavy (non-hydrogen) atoms. The van der Waals surface area contributed by atoms with Gasteiger partial charge in [-0.05, 0) is 102 Å². The molecule has 0 heterocycles. The topological polar surface area (TPSA) is 60.4 Å². The first-order valence-electron chi connectivity index (χ1n) is 14.8. The van der Waals surface area contributed by atoms with Crippen LogP contribution in [-0.2, 0) is 19.1 Å². The average molecular weight is 583 g/mol. The van der Waals surface area contributed by atoms with Crippen LogP contribution in [0.1, 0.15) is 99.8 Å². The number of carbonyl (C=O) groups is 1. The predicted octanol–water partition coefficient (Wildman–Crippen LogP) is 8.51. The van der Waals surface area contributed by atoms with Crippen LogP contribution in [0.2, 0.25) is 0 Å². The van der Waals surface area contributed by atoms with E-state index >= 15 is 0 Å². The Bertz CT molecular complexity index is 1310. The monoisotopic (exact) mass is 582 g/mol. The Morgan fingerprint density at radius 2 is 1.65 bits per heavy atom. The largest absolute Gasteiger partial charge is 0.534 e. The number of allylic oxidation sites excluding steroid dienone is 5. The normalized spacial score (nSPS) is 42.9. The van der Waals surface area contributed by atoms with Crippen LogP contribution in [0.3, 0.4) is 0 Å². The molecule has 224 valence electrons. The maximum Gasteiger partial charge on any atom is 0.534 e. The zero-order chi connectivity index (χ0) is 29.9. The molecule has 8 heteroatoms. The highest BCUT2D eigenvalue weighted by Crippen LogP contribution is 2.76. The maximum absolute atomic E-state index is 13.4. The van der Waals surface area contributed by atoms with Crippen molar-refractivity contribution in [2.75, 3.05) is 0 Å². The summed E-state index contributed by atoms with van der Waals surface area (Å²) < 4.78 is 68.3. The van der Waals surface area contributed by atoms with Crippen molar-refractivity contribution >= 4 is 15.9 Å². The Kier molecular flexibility index (Phi) is 6.53. The van der Waals surface area contributed by atoms with E-state index in [1.54, 1.807) is 6.08 Å².